The minimum absolute atomic E-state index is 0.260. The second-order valence-corrected chi connectivity index (χ2v) is 9.75. The van der Waals surface area contributed by atoms with E-state index in [9.17, 15) is 8.42 Å². The molecule has 4 bridgehead atoms. The smallest absolute Gasteiger partial charge is 0.196 e. The molecule has 98 valence electrons. The summed E-state index contributed by atoms with van der Waals surface area (Å²) in [4.78, 5) is 0. The molecule has 0 saturated heterocycles. The Hall–Kier alpha value is 0.200. The van der Waals surface area contributed by atoms with Crippen LogP contribution in [0.5, 0.6) is 0 Å². The minimum atomic E-state index is -3.62. The van der Waals surface area contributed by atoms with E-state index in [1.165, 1.54) is 19.3 Å². The Labute approximate surface area is 108 Å². The van der Waals surface area contributed by atoms with E-state index >= 15 is 0 Å². The van der Waals surface area contributed by atoms with Gasteiger partial charge in [-0.15, -0.1) is 0 Å². The molecule has 2 atom stereocenters. The SMILES string of the molecule is CC12CC3CC(C)(C1)CC(NS(=O)(=O)Cl)(C3)C2. The normalized spacial score (nSPS) is 53.0. The Morgan fingerprint density at radius 3 is 2.00 bits per heavy atom. The topological polar surface area (TPSA) is 46.2 Å². The first-order chi connectivity index (χ1) is 7.61. The van der Waals surface area contributed by atoms with Crippen molar-refractivity contribution in [2.24, 2.45) is 16.7 Å². The summed E-state index contributed by atoms with van der Waals surface area (Å²) in [5.41, 5.74) is 0.356. The van der Waals surface area contributed by atoms with Gasteiger partial charge in [0.05, 0.1) is 0 Å². The summed E-state index contributed by atoms with van der Waals surface area (Å²) in [6.07, 6.45) is 6.64. The maximum absolute atomic E-state index is 11.4. The van der Waals surface area contributed by atoms with Crippen LogP contribution in [-0.2, 0) is 9.24 Å². The number of hydrogen-bond acceptors (Lipinski definition) is 2. The summed E-state index contributed by atoms with van der Waals surface area (Å²) in [5.74, 6) is 0.673. The molecular weight excluding hydrogens is 258 g/mol. The Morgan fingerprint density at radius 2 is 1.59 bits per heavy atom. The average molecular weight is 278 g/mol. The summed E-state index contributed by atoms with van der Waals surface area (Å²) >= 11 is 0. The zero-order valence-electron chi connectivity index (χ0n) is 10.4. The molecule has 17 heavy (non-hydrogen) atoms. The zero-order valence-corrected chi connectivity index (χ0v) is 12.0. The molecule has 4 fully saturated rings. The molecule has 0 aromatic rings. The third-order valence-corrected chi connectivity index (χ3v) is 5.87. The van der Waals surface area contributed by atoms with Crippen LogP contribution in [0.2, 0.25) is 0 Å². The fourth-order valence-electron chi connectivity index (χ4n) is 5.82. The quantitative estimate of drug-likeness (QED) is 0.789. The Balaban J connectivity index is 1.97. The Morgan fingerprint density at radius 1 is 1.06 bits per heavy atom. The summed E-state index contributed by atoms with van der Waals surface area (Å²) in [7, 11) is 1.80. The van der Waals surface area contributed by atoms with Gasteiger partial charge in [0.2, 0.25) is 0 Å². The molecule has 4 aliphatic carbocycles. The van der Waals surface area contributed by atoms with Crippen molar-refractivity contribution in [2.75, 3.05) is 0 Å². The maximum atomic E-state index is 11.4. The van der Waals surface area contributed by atoms with E-state index in [4.69, 9.17) is 10.7 Å². The standard InChI is InChI=1S/C12H20ClNO2S/c1-10-3-9-4-11(2,6-10)8-12(5-9,7-10)14-17(13,15)16/h9,14H,3-8H2,1-2H3. The first-order valence-corrected chi connectivity index (χ1v) is 8.66. The molecule has 2 unspecified atom stereocenters. The lowest BCUT2D eigenvalue weighted by Crippen LogP contribution is -2.64. The third-order valence-electron chi connectivity index (χ3n) is 4.96. The van der Waals surface area contributed by atoms with Crippen LogP contribution >= 0.6 is 10.7 Å². The summed E-state index contributed by atoms with van der Waals surface area (Å²) in [6.45, 7) is 4.63. The number of halogens is 1. The van der Waals surface area contributed by atoms with E-state index in [-0.39, 0.29) is 5.54 Å². The Bertz CT molecular complexity index is 443. The van der Waals surface area contributed by atoms with Crippen LogP contribution in [0, 0.1) is 16.7 Å². The van der Waals surface area contributed by atoms with Crippen molar-refractivity contribution < 1.29 is 8.42 Å². The number of rotatable bonds is 2. The lowest BCUT2D eigenvalue weighted by atomic mass is 9.43. The lowest BCUT2D eigenvalue weighted by Gasteiger charge is -2.65. The van der Waals surface area contributed by atoms with E-state index in [2.05, 4.69) is 18.6 Å². The van der Waals surface area contributed by atoms with Crippen LogP contribution in [0.4, 0.5) is 0 Å². The van der Waals surface area contributed by atoms with Crippen LogP contribution in [0.15, 0.2) is 0 Å². The molecule has 3 nitrogen and oxygen atoms in total. The van der Waals surface area contributed by atoms with Crippen LogP contribution < -0.4 is 4.72 Å². The van der Waals surface area contributed by atoms with Gasteiger partial charge in [0.1, 0.15) is 0 Å². The second kappa shape index (κ2) is 3.20. The highest BCUT2D eigenvalue weighted by Gasteiger charge is 2.60. The van der Waals surface area contributed by atoms with Gasteiger partial charge in [-0.3, -0.25) is 0 Å². The number of nitrogens with one attached hydrogen (secondary N) is 1. The van der Waals surface area contributed by atoms with Gasteiger partial charge in [-0.1, -0.05) is 13.8 Å². The molecule has 0 radical (unpaired) electrons. The van der Waals surface area contributed by atoms with E-state index in [0.717, 1.165) is 19.3 Å². The third kappa shape index (κ3) is 2.13. The highest BCUT2D eigenvalue weighted by atomic mass is 35.7. The van der Waals surface area contributed by atoms with Crippen molar-refractivity contribution >= 4 is 19.9 Å². The second-order valence-electron chi connectivity index (χ2n) is 7.45. The highest BCUT2D eigenvalue weighted by molar-refractivity contribution is 8.12. The Kier molecular flexibility index (Phi) is 2.30. The van der Waals surface area contributed by atoms with Crippen molar-refractivity contribution in [3.05, 3.63) is 0 Å². The summed E-state index contributed by atoms with van der Waals surface area (Å²) in [6, 6.07) is 0. The van der Waals surface area contributed by atoms with E-state index < -0.39 is 9.24 Å². The number of hydrogen-bond donors (Lipinski definition) is 1. The monoisotopic (exact) mass is 277 g/mol. The molecule has 0 spiro atoms. The summed E-state index contributed by atoms with van der Waals surface area (Å²) < 4.78 is 25.5. The molecule has 0 aromatic carbocycles. The molecule has 1 N–H and O–H groups in total. The molecule has 4 saturated carbocycles. The fourth-order valence-corrected chi connectivity index (χ4v) is 7.06. The first-order valence-electron chi connectivity index (χ1n) is 6.35. The van der Waals surface area contributed by atoms with Gasteiger partial charge in [0.25, 0.3) is 9.24 Å². The van der Waals surface area contributed by atoms with Crippen LogP contribution in [0.3, 0.4) is 0 Å². The van der Waals surface area contributed by atoms with E-state index in [1.807, 2.05) is 0 Å². The molecule has 0 amide bonds. The van der Waals surface area contributed by atoms with Gasteiger partial charge < -0.3 is 0 Å². The zero-order chi connectivity index (χ0) is 12.5. The predicted octanol–water partition coefficient (Wildman–Crippen LogP) is 2.81. The van der Waals surface area contributed by atoms with Gasteiger partial charge in [0, 0.05) is 16.2 Å². The van der Waals surface area contributed by atoms with Gasteiger partial charge in [0.15, 0.2) is 0 Å². The van der Waals surface area contributed by atoms with Crippen molar-refractivity contribution in [3.63, 3.8) is 0 Å². The maximum Gasteiger partial charge on any atom is 0.297 e. The van der Waals surface area contributed by atoms with E-state index in [0.29, 0.717) is 16.7 Å². The van der Waals surface area contributed by atoms with Crippen LogP contribution in [0.25, 0.3) is 0 Å². The van der Waals surface area contributed by atoms with Gasteiger partial charge in [-0.05, 0) is 55.3 Å². The van der Waals surface area contributed by atoms with Crippen molar-refractivity contribution in [1.29, 1.82) is 0 Å². The minimum Gasteiger partial charge on any atom is -0.196 e. The highest BCUT2D eigenvalue weighted by Crippen LogP contribution is 2.66. The summed E-state index contributed by atoms with van der Waals surface area (Å²) in [5, 5.41) is 0. The van der Waals surface area contributed by atoms with Gasteiger partial charge in [-0.25, -0.2) is 0 Å². The van der Waals surface area contributed by atoms with Crippen LogP contribution in [0.1, 0.15) is 52.4 Å². The van der Waals surface area contributed by atoms with Gasteiger partial charge >= 0.3 is 0 Å². The predicted molar refractivity (Wildman–Crippen MR) is 68.0 cm³/mol. The largest absolute Gasteiger partial charge is 0.297 e. The molecule has 4 rings (SSSR count). The van der Waals surface area contributed by atoms with E-state index in [1.54, 1.807) is 0 Å². The first kappa shape index (κ1) is 12.2. The lowest BCUT2D eigenvalue weighted by molar-refractivity contribution is -0.110. The van der Waals surface area contributed by atoms with Crippen molar-refractivity contribution in [1.82, 2.24) is 4.72 Å². The molecule has 0 heterocycles. The molecule has 0 aromatic heterocycles. The molecular formula is C12H20ClNO2S. The van der Waals surface area contributed by atoms with Crippen molar-refractivity contribution in [2.45, 2.75) is 57.9 Å². The molecule has 5 heteroatoms. The van der Waals surface area contributed by atoms with Crippen molar-refractivity contribution in [3.8, 4) is 0 Å². The molecule has 4 aliphatic rings. The average Bonchev–Trinajstić information content (AvgIpc) is 1.88. The van der Waals surface area contributed by atoms with Gasteiger partial charge in [-0.2, -0.15) is 13.1 Å². The molecule has 0 aliphatic heterocycles. The van der Waals surface area contributed by atoms with Crippen LogP contribution in [-0.4, -0.2) is 14.0 Å². The fraction of sp³-hybridized carbons (Fsp3) is 1.00.